The van der Waals surface area contributed by atoms with Crippen molar-refractivity contribution in [2.75, 3.05) is 7.11 Å². The fourth-order valence-electron chi connectivity index (χ4n) is 5.61. The molecule has 2 fully saturated rings. The summed E-state index contributed by atoms with van der Waals surface area (Å²) in [5, 5.41) is 20.5. The summed E-state index contributed by atoms with van der Waals surface area (Å²) in [6.45, 7) is 11.5. The van der Waals surface area contributed by atoms with E-state index in [1.165, 1.54) is 37.3 Å². The molecule has 2 saturated carbocycles. The Labute approximate surface area is 151 Å². The van der Waals surface area contributed by atoms with Crippen LogP contribution in [0, 0.1) is 22.7 Å². The van der Waals surface area contributed by atoms with E-state index in [1.54, 1.807) is 13.2 Å². The molecule has 3 heteroatoms. The molecule has 0 amide bonds. The molecule has 0 heterocycles. The van der Waals surface area contributed by atoms with E-state index in [-0.39, 0.29) is 22.3 Å². The number of aromatic hydroxyl groups is 2. The highest BCUT2D eigenvalue weighted by Gasteiger charge is 2.54. The van der Waals surface area contributed by atoms with Crippen LogP contribution >= 0.6 is 0 Å². The number of rotatable bonds is 3. The van der Waals surface area contributed by atoms with Crippen LogP contribution in [-0.2, 0) is 6.42 Å². The van der Waals surface area contributed by atoms with Gasteiger partial charge in [0.25, 0.3) is 0 Å². The molecular weight excluding hydrogens is 312 g/mol. The van der Waals surface area contributed by atoms with Gasteiger partial charge in [-0.3, -0.25) is 0 Å². The predicted molar refractivity (Wildman–Crippen MR) is 101 cm³/mol. The minimum Gasteiger partial charge on any atom is -0.504 e. The third kappa shape index (κ3) is 2.72. The Kier molecular flexibility index (Phi) is 4.55. The van der Waals surface area contributed by atoms with Crippen molar-refractivity contribution >= 4 is 0 Å². The van der Waals surface area contributed by atoms with Crippen LogP contribution in [0.2, 0.25) is 0 Å². The number of phenols is 2. The number of hydrogen-bond acceptors (Lipinski definition) is 3. The summed E-state index contributed by atoms with van der Waals surface area (Å²) in [5.74, 6) is 1.64. The van der Waals surface area contributed by atoms with E-state index in [1.807, 2.05) is 0 Å². The van der Waals surface area contributed by atoms with Crippen LogP contribution < -0.4 is 4.74 Å². The molecule has 0 spiro atoms. The molecule has 3 nitrogen and oxygen atoms in total. The molecule has 25 heavy (non-hydrogen) atoms. The molecule has 2 N–H and O–H groups in total. The first-order valence-corrected chi connectivity index (χ1v) is 9.50. The second-order valence-corrected chi connectivity index (χ2v) is 8.70. The molecule has 2 aliphatic rings. The van der Waals surface area contributed by atoms with Gasteiger partial charge in [0.1, 0.15) is 5.75 Å². The SMILES string of the molecule is C=C1CCC[C@H]2[C@](C)(Cc3c(OC)ccc(O)c3O)[C@@H](C)CC[C@@]12C. The summed E-state index contributed by atoms with van der Waals surface area (Å²) in [6.07, 6.45) is 6.63. The first-order chi connectivity index (χ1) is 11.7. The fraction of sp³-hybridized carbons (Fsp3) is 0.636. The van der Waals surface area contributed by atoms with Crippen LogP contribution in [0.4, 0.5) is 0 Å². The highest BCUT2D eigenvalue weighted by atomic mass is 16.5. The number of methoxy groups -OCH3 is 1. The van der Waals surface area contributed by atoms with Gasteiger partial charge in [-0.05, 0) is 73.3 Å². The van der Waals surface area contributed by atoms with Crippen molar-refractivity contribution in [1.82, 2.24) is 0 Å². The minimum absolute atomic E-state index is 0.0327. The van der Waals surface area contributed by atoms with E-state index < -0.39 is 0 Å². The zero-order valence-electron chi connectivity index (χ0n) is 16.1. The smallest absolute Gasteiger partial charge is 0.164 e. The summed E-state index contributed by atoms with van der Waals surface area (Å²) in [7, 11) is 1.62. The number of ether oxygens (including phenoxy) is 1. The quantitative estimate of drug-likeness (QED) is 0.566. The van der Waals surface area contributed by atoms with Gasteiger partial charge in [-0.2, -0.15) is 0 Å². The van der Waals surface area contributed by atoms with Gasteiger partial charge in [-0.25, -0.2) is 0 Å². The van der Waals surface area contributed by atoms with Gasteiger partial charge in [0.2, 0.25) is 0 Å². The average Bonchev–Trinajstić information content (AvgIpc) is 2.58. The lowest BCUT2D eigenvalue weighted by Crippen LogP contribution is -2.51. The Bertz CT molecular complexity index is 680. The van der Waals surface area contributed by atoms with Crippen LogP contribution in [0.3, 0.4) is 0 Å². The zero-order chi connectivity index (χ0) is 18.4. The molecule has 0 aliphatic heterocycles. The Morgan fingerprint density at radius 3 is 2.64 bits per heavy atom. The van der Waals surface area contributed by atoms with E-state index in [9.17, 15) is 10.2 Å². The van der Waals surface area contributed by atoms with Gasteiger partial charge in [-0.1, -0.05) is 32.9 Å². The fourth-order valence-corrected chi connectivity index (χ4v) is 5.61. The molecule has 0 aromatic heterocycles. The normalized spacial score (nSPS) is 35.3. The summed E-state index contributed by atoms with van der Waals surface area (Å²) in [5.41, 5.74) is 2.35. The third-order valence-corrected chi connectivity index (χ3v) is 7.56. The number of hydrogen-bond donors (Lipinski definition) is 2. The molecule has 0 unspecified atom stereocenters. The monoisotopic (exact) mass is 344 g/mol. The highest BCUT2D eigenvalue weighted by molar-refractivity contribution is 5.53. The van der Waals surface area contributed by atoms with E-state index >= 15 is 0 Å². The number of fused-ring (bicyclic) bond motifs is 1. The Balaban J connectivity index is 2.05. The number of phenolic OH excluding ortho intramolecular Hbond substituents is 2. The summed E-state index contributed by atoms with van der Waals surface area (Å²) in [4.78, 5) is 0. The average molecular weight is 344 g/mol. The van der Waals surface area contributed by atoms with Crippen molar-refractivity contribution in [1.29, 1.82) is 0 Å². The van der Waals surface area contributed by atoms with E-state index in [0.29, 0.717) is 24.0 Å². The molecule has 1 aromatic rings. The van der Waals surface area contributed by atoms with Crippen molar-refractivity contribution < 1.29 is 14.9 Å². The van der Waals surface area contributed by atoms with Crippen molar-refractivity contribution in [2.45, 2.75) is 59.3 Å². The minimum atomic E-state index is -0.0707. The molecule has 4 atom stereocenters. The Morgan fingerprint density at radius 1 is 1.24 bits per heavy atom. The van der Waals surface area contributed by atoms with Gasteiger partial charge in [0.05, 0.1) is 7.11 Å². The van der Waals surface area contributed by atoms with Crippen molar-refractivity contribution in [2.24, 2.45) is 22.7 Å². The topological polar surface area (TPSA) is 49.7 Å². The maximum atomic E-state index is 10.5. The molecule has 3 rings (SSSR count). The Morgan fingerprint density at radius 2 is 1.96 bits per heavy atom. The van der Waals surface area contributed by atoms with Gasteiger partial charge < -0.3 is 14.9 Å². The van der Waals surface area contributed by atoms with Gasteiger partial charge in [0.15, 0.2) is 11.5 Å². The van der Waals surface area contributed by atoms with Gasteiger partial charge >= 0.3 is 0 Å². The molecule has 1 aromatic carbocycles. The first kappa shape index (κ1) is 18.2. The summed E-state index contributed by atoms with van der Waals surface area (Å²) in [6, 6.07) is 3.25. The zero-order valence-corrected chi connectivity index (χ0v) is 16.1. The molecule has 138 valence electrons. The van der Waals surface area contributed by atoms with Crippen molar-refractivity contribution in [3.8, 4) is 17.2 Å². The molecule has 0 saturated heterocycles. The van der Waals surface area contributed by atoms with Crippen LogP contribution in [0.15, 0.2) is 24.3 Å². The number of allylic oxidation sites excluding steroid dienone is 1. The second kappa shape index (κ2) is 6.26. The van der Waals surface area contributed by atoms with E-state index in [2.05, 4.69) is 27.4 Å². The number of benzene rings is 1. The highest BCUT2D eigenvalue weighted by Crippen LogP contribution is 2.62. The Hall–Kier alpha value is -1.64. The maximum Gasteiger partial charge on any atom is 0.164 e. The second-order valence-electron chi connectivity index (χ2n) is 8.70. The molecule has 0 radical (unpaired) electrons. The third-order valence-electron chi connectivity index (χ3n) is 7.56. The lowest BCUT2D eigenvalue weighted by atomic mass is 9.46. The largest absolute Gasteiger partial charge is 0.504 e. The summed E-state index contributed by atoms with van der Waals surface area (Å²) < 4.78 is 5.50. The van der Waals surface area contributed by atoms with Crippen LogP contribution in [0.1, 0.15) is 58.4 Å². The van der Waals surface area contributed by atoms with Gasteiger partial charge in [0, 0.05) is 5.56 Å². The van der Waals surface area contributed by atoms with Crippen molar-refractivity contribution in [3.05, 3.63) is 29.8 Å². The molecule has 2 aliphatic carbocycles. The lowest BCUT2D eigenvalue weighted by Gasteiger charge is -2.59. The van der Waals surface area contributed by atoms with Crippen LogP contribution in [0.5, 0.6) is 17.2 Å². The van der Waals surface area contributed by atoms with E-state index in [4.69, 9.17) is 4.74 Å². The summed E-state index contributed by atoms with van der Waals surface area (Å²) >= 11 is 0. The molecular formula is C22H32O3. The first-order valence-electron chi connectivity index (χ1n) is 9.50. The van der Waals surface area contributed by atoms with E-state index in [0.717, 1.165) is 12.0 Å². The predicted octanol–water partition coefficient (Wildman–Crippen LogP) is 5.45. The maximum absolute atomic E-state index is 10.5. The lowest BCUT2D eigenvalue weighted by molar-refractivity contribution is -0.0493. The molecule has 0 bridgehead atoms. The van der Waals surface area contributed by atoms with Crippen LogP contribution in [-0.4, -0.2) is 17.3 Å². The van der Waals surface area contributed by atoms with Gasteiger partial charge in [-0.15, -0.1) is 0 Å². The van der Waals surface area contributed by atoms with Crippen molar-refractivity contribution in [3.63, 3.8) is 0 Å². The standard InChI is InChI=1S/C22H32O3/c1-14-7-6-8-19-21(14,3)12-11-15(2)22(19,4)13-16-18(25-5)10-9-17(23)20(16)24/h9-10,15,19,23-24H,1,6-8,11-13H2,2-5H3/t15-,19+,21-,22+/m0/s1. The van der Waals surface area contributed by atoms with Crippen LogP contribution in [0.25, 0.3) is 0 Å².